The second kappa shape index (κ2) is 13.5. The summed E-state index contributed by atoms with van der Waals surface area (Å²) in [6.45, 7) is 1.62. The fourth-order valence-corrected chi connectivity index (χ4v) is 4.46. The van der Waals surface area contributed by atoms with Gasteiger partial charge >= 0.3 is 17.0 Å². The van der Waals surface area contributed by atoms with Crippen molar-refractivity contribution in [3.8, 4) is 5.75 Å². The number of H-pyrrole nitrogens is 1. The zero-order valence-corrected chi connectivity index (χ0v) is 21.4. The molecule has 1 heterocycles. The number of thiazole rings is 1. The maximum absolute atomic E-state index is 12.6. The van der Waals surface area contributed by atoms with Gasteiger partial charge in [0.25, 0.3) is 0 Å². The number of ether oxygens (including phenoxy) is 2. The van der Waals surface area contributed by atoms with Crippen molar-refractivity contribution in [3.05, 3.63) is 63.3 Å². The highest BCUT2D eigenvalue weighted by atomic mass is 32.1. The number of aliphatic hydroxyl groups is 1. The highest BCUT2D eigenvalue weighted by Crippen LogP contribution is 2.33. The van der Waals surface area contributed by atoms with Gasteiger partial charge in [-0.25, -0.2) is 4.79 Å². The zero-order valence-electron chi connectivity index (χ0n) is 20.5. The Balaban J connectivity index is 1.42. The first-order valence-corrected chi connectivity index (χ1v) is 12.6. The second-order valence-corrected chi connectivity index (χ2v) is 9.38. The molecular formula is C25H28F3N3O6S. The molecule has 13 heteroatoms. The molecule has 1 atom stereocenters. The number of alkyl halides is 3. The summed E-state index contributed by atoms with van der Waals surface area (Å²) in [5, 5.41) is 13.6. The summed E-state index contributed by atoms with van der Waals surface area (Å²) < 4.78 is 47.8. The van der Waals surface area contributed by atoms with Gasteiger partial charge in [-0.15, -0.1) is 0 Å². The van der Waals surface area contributed by atoms with E-state index < -0.39 is 28.9 Å². The number of halogens is 3. The van der Waals surface area contributed by atoms with Crippen LogP contribution in [-0.4, -0.2) is 72.9 Å². The molecule has 38 heavy (non-hydrogen) atoms. The number of aliphatic hydroxyl groups excluding tert-OH is 1. The molecule has 1 amide bonds. The van der Waals surface area contributed by atoms with Gasteiger partial charge in [0.1, 0.15) is 5.52 Å². The lowest BCUT2D eigenvalue weighted by molar-refractivity contribution is -0.189. The Morgan fingerprint density at radius 2 is 1.89 bits per heavy atom. The average molecular weight is 556 g/mol. The lowest BCUT2D eigenvalue weighted by atomic mass is 10.1. The molecule has 3 aromatic rings. The maximum atomic E-state index is 12.6. The van der Waals surface area contributed by atoms with E-state index in [0.29, 0.717) is 37.6 Å². The number of aromatic amines is 1. The first-order chi connectivity index (χ1) is 18.1. The number of nitrogens with one attached hydrogen (secondary N) is 2. The molecule has 3 N–H and O–H groups in total. The Kier molecular flexibility index (Phi) is 10.4. The molecule has 0 unspecified atom stereocenters. The van der Waals surface area contributed by atoms with Crippen molar-refractivity contribution in [2.45, 2.75) is 25.1 Å². The third-order valence-corrected chi connectivity index (χ3v) is 6.52. The van der Waals surface area contributed by atoms with E-state index in [1.807, 2.05) is 30.3 Å². The van der Waals surface area contributed by atoms with Crippen molar-refractivity contribution < 1.29 is 37.3 Å². The SMILES string of the molecule is CN(CCNC[C@H](O)c1ccc(OC(=O)C(F)(F)F)c2[nH]c(=O)sc12)C(=O)CCOCCc1ccccc1. The minimum atomic E-state index is -5.20. The van der Waals surface area contributed by atoms with Crippen LogP contribution in [0.2, 0.25) is 0 Å². The maximum Gasteiger partial charge on any atom is 0.491 e. The fourth-order valence-electron chi connectivity index (χ4n) is 3.54. The van der Waals surface area contributed by atoms with Gasteiger partial charge in [-0.2, -0.15) is 13.2 Å². The van der Waals surface area contributed by atoms with E-state index in [1.165, 1.54) is 6.07 Å². The van der Waals surface area contributed by atoms with Gasteiger partial charge in [-0.1, -0.05) is 47.7 Å². The van der Waals surface area contributed by atoms with E-state index in [4.69, 9.17) is 4.74 Å². The summed E-state index contributed by atoms with van der Waals surface area (Å²) >= 11 is 0.677. The zero-order chi connectivity index (χ0) is 27.7. The Morgan fingerprint density at radius 1 is 1.16 bits per heavy atom. The number of fused-ring (bicyclic) bond motifs is 1. The van der Waals surface area contributed by atoms with Gasteiger partial charge in [0.15, 0.2) is 5.75 Å². The van der Waals surface area contributed by atoms with Crippen molar-refractivity contribution in [1.82, 2.24) is 15.2 Å². The second-order valence-electron chi connectivity index (χ2n) is 8.39. The summed E-state index contributed by atoms with van der Waals surface area (Å²) in [4.78, 5) is 38.6. The van der Waals surface area contributed by atoms with Crippen molar-refractivity contribution in [3.63, 3.8) is 0 Å². The van der Waals surface area contributed by atoms with Gasteiger partial charge in [-0.05, 0) is 18.1 Å². The highest BCUT2D eigenvalue weighted by Gasteiger charge is 2.41. The summed E-state index contributed by atoms with van der Waals surface area (Å²) in [6.07, 6.45) is -5.31. The van der Waals surface area contributed by atoms with Crippen LogP contribution < -0.4 is 14.9 Å². The molecular weight excluding hydrogens is 527 g/mol. The van der Waals surface area contributed by atoms with Crippen LogP contribution in [0.5, 0.6) is 5.75 Å². The molecule has 0 aliphatic carbocycles. The standard InChI is InChI=1S/C25H28F3N3O6S/c1-31(20(33)10-14-36-13-9-16-5-3-2-4-6-16)12-11-29-15-18(32)17-7-8-19(37-23(34)25(26,27)28)21-22(17)38-24(35)30-21/h2-8,18,29,32H,9-15H2,1H3,(H,30,35)/t18-/m0/s1. The van der Waals surface area contributed by atoms with E-state index in [9.17, 15) is 32.7 Å². The van der Waals surface area contributed by atoms with E-state index in [0.717, 1.165) is 18.1 Å². The number of amides is 1. The predicted molar refractivity (Wildman–Crippen MR) is 135 cm³/mol. The topological polar surface area (TPSA) is 121 Å². The van der Waals surface area contributed by atoms with Crippen LogP contribution in [0, 0.1) is 0 Å². The first-order valence-electron chi connectivity index (χ1n) is 11.8. The minimum absolute atomic E-state index is 0.0491. The van der Waals surface area contributed by atoms with E-state index >= 15 is 0 Å². The smallest absolute Gasteiger partial charge is 0.418 e. The Labute approximate surface area is 220 Å². The Bertz CT molecular complexity index is 1280. The minimum Gasteiger partial charge on any atom is -0.418 e. The summed E-state index contributed by atoms with van der Waals surface area (Å²) in [5.41, 5.74) is 1.33. The monoisotopic (exact) mass is 555 g/mol. The molecule has 0 saturated heterocycles. The van der Waals surface area contributed by atoms with Gasteiger partial charge in [-0.3, -0.25) is 9.59 Å². The molecule has 0 radical (unpaired) electrons. The fraction of sp³-hybridized carbons (Fsp3) is 0.400. The van der Waals surface area contributed by atoms with Gasteiger partial charge in [0, 0.05) is 32.2 Å². The van der Waals surface area contributed by atoms with Crippen molar-refractivity contribution in [2.24, 2.45) is 0 Å². The molecule has 1 aromatic heterocycles. The van der Waals surface area contributed by atoms with Gasteiger partial charge < -0.3 is 29.8 Å². The van der Waals surface area contributed by atoms with Crippen LogP contribution in [0.1, 0.15) is 23.7 Å². The molecule has 9 nitrogen and oxygen atoms in total. The number of carbonyl (C=O) groups excluding carboxylic acids is 2. The predicted octanol–water partition coefficient (Wildman–Crippen LogP) is 2.79. The van der Waals surface area contributed by atoms with Crippen LogP contribution in [0.25, 0.3) is 10.2 Å². The molecule has 0 spiro atoms. The number of likely N-dealkylation sites (N-methyl/N-ethyl adjacent to an activating group) is 1. The van der Waals surface area contributed by atoms with Crippen LogP contribution in [0.3, 0.4) is 0 Å². The molecule has 0 aliphatic rings. The number of hydrogen-bond donors (Lipinski definition) is 3. The molecule has 0 bridgehead atoms. The van der Waals surface area contributed by atoms with Crippen LogP contribution in [-0.2, 0) is 20.7 Å². The first kappa shape index (κ1) is 29.3. The molecule has 0 aliphatic heterocycles. The quantitative estimate of drug-likeness (QED) is 0.169. The van der Waals surface area contributed by atoms with Crippen LogP contribution in [0.15, 0.2) is 47.3 Å². The van der Waals surface area contributed by atoms with Crippen LogP contribution in [0.4, 0.5) is 13.2 Å². The Morgan fingerprint density at radius 3 is 2.61 bits per heavy atom. The third kappa shape index (κ3) is 8.38. The van der Waals surface area contributed by atoms with Crippen molar-refractivity contribution in [1.29, 1.82) is 0 Å². The average Bonchev–Trinajstić information content (AvgIpc) is 3.27. The molecule has 0 fully saturated rings. The highest BCUT2D eigenvalue weighted by molar-refractivity contribution is 7.16. The molecule has 2 aromatic carbocycles. The normalized spacial score (nSPS) is 12.4. The Hall–Kier alpha value is -3.26. The van der Waals surface area contributed by atoms with Crippen molar-refractivity contribution in [2.75, 3.05) is 39.9 Å². The number of esters is 1. The lowest BCUT2D eigenvalue weighted by Gasteiger charge is -2.19. The van der Waals surface area contributed by atoms with Gasteiger partial charge in [0.2, 0.25) is 5.91 Å². The van der Waals surface area contributed by atoms with E-state index in [2.05, 4.69) is 15.0 Å². The van der Waals surface area contributed by atoms with E-state index in [-0.39, 0.29) is 34.7 Å². The summed E-state index contributed by atoms with van der Waals surface area (Å²) in [5.74, 6) is -2.97. The molecule has 0 saturated carbocycles. The number of nitrogens with zero attached hydrogens (tertiary/aromatic N) is 1. The summed E-state index contributed by atoms with van der Waals surface area (Å²) in [7, 11) is 1.66. The largest absolute Gasteiger partial charge is 0.491 e. The third-order valence-electron chi connectivity index (χ3n) is 5.59. The van der Waals surface area contributed by atoms with Crippen molar-refractivity contribution >= 4 is 33.4 Å². The number of benzene rings is 2. The molecule has 206 valence electrons. The number of rotatable bonds is 13. The lowest BCUT2D eigenvalue weighted by Crippen LogP contribution is -2.35. The number of aromatic nitrogens is 1. The van der Waals surface area contributed by atoms with E-state index in [1.54, 1.807) is 11.9 Å². The molecule has 3 rings (SSSR count). The summed E-state index contributed by atoms with van der Waals surface area (Å²) in [6, 6.07) is 12.3. The number of carbonyl (C=O) groups is 2. The van der Waals surface area contributed by atoms with Gasteiger partial charge in [0.05, 0.1) is 30.4 Å². The van der Waals surface area contributed by atoms with Crippen LogP contribution >= 0.6 is 11.3 Å². The number of hydrogen-bond acceptors (Lipinski definition) is 8.